The molecule has 1 N–H and O–H groups in total. The number of amides is 1. The third-order valence-corrected chi connectivity index (χ3v) is 6.02. The van der Waals surface area contributed by atoms with E-state index in [9.17, 15) is 13.6 Å². The third kappa shape index (κ3) is 4.21. The van der Waals surface area contributed by atoms with Crippen LogP contribution in [0.2, 0.25) is 0 Å². The summed E-state index contributed by atoms with van der Waals surface area (Å²) in [6, 6.07) is 5.11. The summed E-state index contributed by atoms with van der Waals surface area (Å²) in [7, 11) is 0. The summed E-state index contributed by atoms with van der Waals surface area (Å²) in [5.74, 6) is -1.93. The number of nitrogens with zero attached hydrogens (tertiary/aromatic N) is 6. The van der Waals surface area contributed by atoms with Gasteiger partial charge in [-0.05, 0) is 25.1 Å². The normalized spacial score (nSPS) is 15.8. The van der Waals surface area contributed by atoms with Crippen LogP contribution < -0.4 is 0 Å². The first-order valence-corrected chi connectivity index (χ1v) is 10.8. The van der Waals surface area contributed by atoms with E-state index >= 15 is 0 Å². The van der Waals surface area contributed by atoms with Crippen molar-refractivity contribution in [3.05, 3.63) is 66.4 Å². The number of rotatable bonds is 5. The molecule has 0 saturated carbocycles. The number of carbonyl (C=O) groups excluding carboxylic acids is 1. The number of fused-ring (bicyclic) bond motifs is 1. The van der Waals surface area contributed by atoms with Gasteiger partial charge in [0, 0.05) is 62.1 Å². The highest BCUT2D eigenvalue weighted by molar-refractivity contribution is 5.94. The highest BCUT2D eigenvalue weighted by Crippen LogP contribution is 2.25. The van der Waals surface area contributed by atoms with Crippen LogP contribution in [0.25, 0.3) is 22.3 Å². The fourth-order valence-electron chi connectivity index (χ4n) is 4.23. The van der Waals surface area contributed by atoms with Crippen LogP contribution in [0.5, 0.6) is 0 Å². The summed E-state index contributed by atoms with van der Waals surface area (Å²) in [5.41, 5.74) is 2.45. The Hall–Kier alpha value is -3.66. The van der Waals surface area contributed by atoms with Crippen LogP contribution in [-0.2, 0) is 0 Å². The lowest BCUT2D eigenvalue weighted by atomic mass is 10.1. The minimum absolute atomic E-state index is 0.0939. The van der Waals surface area contributed by atoms with Gasteiger partial charge in [-0.2, -0.15) is 5.10 Å². The first kappa shape index (κ1) is 21.2. The number of carbonyl (C=O) groups is 1. The predicted molar refractivity (Wildman–Crippen MR) is 119 cm³/mol. The summed E-state index contributed by atoms with van der Waals surface area (Å²) in [4.78, 5) is 28.2. The molecule has 4 heterocycles. The summed E-state index contributed by atoms with van der Waals surface area (Å²) in [6.07, 6.45) is 7.16. The van der Waals surface area contributed by atoms with Gasteiger partial charge in [0.25, 0.3) is 5.91 Å². The number of aromatic nitrogens is 5. The molecule has 1 saturated heterocycles. The number of H-pyrrole nitrogens is 1. The van der Waals surface area contributed by atoms with Crippen LogP contribution in [0.1, 0.15) is 23.3 Å². The molecule has 1 aromatic carbocycles. The van der Waals surface area contributed by atoms with Crippen LogP contribution in [0.4, 0.5) is 8.78 Å². The molecule has 1 amide bonds. The van der Waals surface area contributed by atoms with Crippen molar-refractivity contribution in [2.75, 3.05) is 32.7 Å². The Kier molecular flexibility index (Phi) is 5.59. The number of benzene rings is 1. The maximum absolute atomic E-state index is 14.0. The Morgan fingerprint density at radius 3 is 2.76 bits per heavy atom. The standard InChI is InChI=1S/C23H23F2N7O/c1-15(32-13-16(11-29-32)21-19-4-5-26-22(19)28-14-27-21)12-30-6-8-31(9-7-30)23(33)18-3-2-17(24)10-20(18)25/h2-5,10-11,13-15H,6-9,12H2,1H3,(H,26,27,28). The summed E-state index contributed by atoms with van der Waals surface area (Å²) in [5, 5.41) is 5.48. The van der Waals surface area contributed by atoms with Gasteiger partial charge in [-0.15, -0.1) is 0 Å². The van der Waals surface area contributed by atoms with E-state index in [4.69, 9.17) is 0 Å². The first-order valence-electron chi connectivity index (χ1n) is 10.8. The number of hydrogen-bond donors (Lipinski definition) is 1. The van der Waals surface area contributed by atoms with Gasteiger partial charge in [0.15, 0.2) is 0 Å². The average molecular weight is 451 g/mol. The largest absolute Gasteiger partial charge is 0.346 e. The second-order valence-electron chi connectivity index (χ2n) is 8.24. The molecule has 4 aromatic rings. The van der Waals surface area contributed by atoms with Gasteiger partial charge in [0.1, 0.15) is 23.6 Å². The van der Waals surface area contributed by atoms with Crippen molar-refractivity contribution in [3.8, 4) is 11.3 Å². The lowest BCUT2D eigenvalue weighted by Crippen LogP contribution is -2.49. The van der Waals surface area contributed by atoms with Gasteiger partial charge in [0.2, 0.25) is 0 Å². The topological polar surface area (TPSA) is 82.9 Å². The number of halogens is 2. The van der Waals surface area contributed by atoms with Gasteiger partial charge in [-0.25, -0.2) is 18.7 Å². The fourth-order valence-corrected chi connectivity index (χ4v) is 4.23. The van der Waals surface area contributed by atoms with E-state index in [1.807, 2.05) is 23.1 Å². The SMILES string of the molecule is CC(CN1CCN(C(=O)c2ccc(F)cc2F)CC1)n1cc(-c2ncnc3[nH]ccc23)cn1. The highest BCUT2D eigenvalue weighted by Gasteiger charge is 2.25. The van der Waals surface area contributed by atoms with Crippen LogP contribution in [0.3, 0.4) is 0 Å². The zero-order valence-electron chi connectivity index (χ0n) is 18.1. The molecule has 8 nitrogen and oxygen atoms in total. The second kappa shape index (κ2) is 8.70. The Morgan fingerprint density at radius 1 is 1.15 bits per heavy atom. The lowest BCUT2D eigenvalue weighted by Gasteiger charge is -2.36. The monoisotopic (exact) mass is 451 g/mol. The quantitative estimate of drug-likeness (QED) is 0.504. The molecule has 1 unspecified atom stereocenters. The van der Waals surface area contributed by atoms with Gasteiger partial charge in [-0.3, -0.25) is 14.4 Å². The number of hydrogen-bond acceptors (Lipinski definition) is 5. The minimum Gasteiger partial charge on any atom is -0.346 e. The van der Waals surface area contributed by atoms with E-state index in [0.717, 1.165) is 41.0 Å². The van der Waals surface area contributed by atoms with Gasteiger partial charge >= 0.3 is 0 Å². The van der Waals surface area contributed by atoms with Crippen LogP contribution >= 0.6 is 0 Å². The van der Waals surface area contributed by atoms with Gasteiger partial charge < -0.3 is 9.88 Å². The Morgan fingerprint density at radius 2 is 1.97 bits per heavy atom. The molecule has 1 fully saturated rings. The predicted octanol–water partition coefficient (Wildman–Crippen LogP) is 3.12. The van der Waals surface area contributed by atoms with E-state index in [1.54, 1.807) is 11.1 Å². The average Bonchev–Trinajstić information content (AvgIpc) is 3.49. The van der Waals surface area contributed by atoms with Crippen molar-refractivity contribution >= 4 is 16.9 Å². The Bertz CT molecular complexity index is 1290. The number of piperazine rings is 1. The van der Waals surface area contributed by atoms with E-state index in [1.165, 1.54) is 12.4 Å². The summed E-state index contributed by atoms with van der Waals surface area (Å²) < 4.78 is 29.0. The first-order chi connectivity index (χ1) is 16.0. The summed E-state index contributed by atoms with van der Waals surface area (Å²) in [6.45, 7) is 5.16. The Labute approximate surface area is 188 Å². The van der Waals surface area contributed by atoms with E-state index < -0.39 is 17.5 Å². The molecule has 0 radical (unpaired) electrons. The van der Waals surface area contributed by atoms with Crippen molar-refractivity contribution in [2.24, 2.45) is 0 Å². The lowest BCUT2D eigenvalue weighted by molar-refractivity contribution is 0.0615. The van der Waals surface area contributed by atoms with Gasteiger partial charge in [-0.1, -0.05) is 0 Å². The van der Waals surface area contributed by atoms with Crippen LogP contribution in [-0.4, -0.2) is 73.2 Å². The maximum Gasteiger partial charge on any atom is 0.256 e. The molecule has 170 valence electrons. The van der Waals surface area contributed by atoms with Crippen molar-refractivity contribution in [1.82, 2.24) is 34.5 Å². The molecule has 1 atom stereocenters. The van der Waals surface area contributed by atoms with Crippen molar-refractivity contribution in [1.29, 1.82) is 0 Å². The molecule has 0 aliphatic carbocycles. The number of nitrogens with one attached hydrogen (secondary N) is 1. The van der Waals surface area contributed by atoms with Gasteiger partial charge in [0.05, 0.1) is 23.5 Å². The van der Waals surface area contributed by atoms with Crippen molar-refractivity contribution < 1.29 is 13.6 Å². The molecule has 0 bridgehead atoms. The Balaban J connectivity index is 1.20. The second-order valence-corrected chi connectivity index (χ2v) is 8.24. The maximum atomic E-state index is 14.0. The van der Waals surface area contributed by atoms with E-state index in [2.05, 4.69) is 31.9 Å². The molecule has 33 heavy (non-hydrogen) atoms. The van der Waals surface area contributed by atoms with Crippen LogP contribution in [0, 0.1) is 11.6 Å². The van der Waals surface area contributed by atoms with Crippen molar-refractivity contribution in [3.63, 3.8) is 0 Å². The summed E-state index contributed by atoms with van der Waals surface area (Å²) >= 11 is 0. The smallest absolute Gasteiger partial charge is 0.256 e. The molecule has 1 aliphatic rings. The minimum atomic E-state index is -0.828. The third-order valence-electron chi connectivity index (χ3n) is 6.02. The molecule has 5 rings (SSSR count). The molecule has 10 heteroatoms. The number of aromatic amines is 1. The van der Waals surface area contributed by atoms with Crippen LogP contribution in [0.15, 0.2) is 49.2 Å². The molecule has 0 spiro atoms. The molecular formula is C23H23F2N7O. The molecular weight excluding hydrogens is 428 g/mol. The highest BCUT2D eigenvalue weighted by atomic mass is 19.1. The van der Waals surface area contributed by atoms with E-state index in [-0.39, 0.29) is 11.6 Å². The molecule has 1 aliphatic heterocycles. The fraction of sp³-hybridized carbons (Fsp3) is 0.304. The molecule has 3 aromatic heterocycles. The van der Waals surface area contributed by atoms with Crippen molar-refractivity contribution in [2.45, 2.75) is 13.0 Å². The zero-order valence-corrected chi connectivity index (χ0v) is 18.1. The van der Waals surface area contributed by atoms with E-state index in [0.29, 0.717) is 26.2 Å². The zero-order chi connectivity index (χ0) is 22.9.